The molecule has 5 heteroatoms. The molecule has 1 atom stereocenters. The Morgan fingerprint density at radius 2 is 2.50 bits per heavy atom. The summed E-state index contributed by atoms with van der Waals surface area (Å²) in [6, 6.07) is -0.659. The fourth-order valence-corrected chi connectivity index (χ4v) is 1.93. The van der Waals surface area contributed by atoms with E-state index in [1.54, 1.807) is 0 Å². The fourth-order valence-electron chi connectivity index (χ4n) is 1.07. The van der Waals surface area contributed by atoms with Crippen molar-refractivity contribution in [2.24, 2.45) is 0 Å². The van der Waals surface area contributed by atoms with Gasteiger partial charge in [-0.25, -0.2) is 4.98 Å². The summed E-state index contributed by atoms with van der Waals surface area (Å²) < 4.78 is 0. The second-order valence-corrected chi connectivity index (χ2v) is 3.94. The van der Waals surface area contributed by atoms with E-state index in [1.807, 2.05) is 19.2 Å². The van der Waals surface area contributed by atoms with E-state index in [0.29, 0.717) is 11.6 Å². The number of nitrogens with one attached hydrogen (secondary N) is 1. The first-order chi connectivity index (χ1) is 6.65. The SMILES string of the molecule is CCCNC(C(=O)O)c1nc(C)cs1. The third-order valence-corrected chi connectivity index (χ3v) is 2.76. The van der Waals surface area contributed by atoms with Crippen LogP contribution in [-0.4, -0.2) is 22.6 Å². The minimum atomic E-state index is -0.868. The number of carboxylic acid groups (broad SMARTS) is 1. The first-order valence-electron chi connectivity index (χ1n) is 4.53. The summed E-state index contributed by atoms with van der Waals surface area (Å²) in [5, 5.41) is 14.4. The molecule has 0 bridgehead atoms. The highest BCUT2D eigenvalue weighted by molar-refractivity contribution is 7.09. The van der Waals surface area contributed by atoms with Gasteiger partial charge in [0.15, 0.2) is 6.04 Å². The van der Waals surface area contributed by atoms with Gasteiger partial charge in [-0.3, -0.25) is 10.1 Å². The Kier molecular flexibility index (Phi) is 4.03. The number of carbonyl (C=O) groups is 1. The van der Waals surface area contributed by atoms with Crippen LogP contribution in [0.5, 0.6) is 0 Å². The van der Waals surface area contributed by atoms with Gasteiger partial charge < -0.3 is 5.11 Å². The molecule has 1 aromatic rings. The van der Waals surface area contributed by atoms with Crippen LogP contribution < -0.4 is 5.32 Å². The molecule has 14 heavy (non-hydrogen) atoms. The number of thiazole rings is 1. The van der Waals surface area contributed by atoms with Gasteiger partial charge in [0.25, 0.3) is 0 Å². The lowest BCUT2D eigenvalue weighted by Crippen LogP contribution is -2.28. The normalized spacial score (nSPS) is 12.7. The Balaban J connectivity index is 2.72. The van der Waals surface area contributed by atoms with Gasteiger partial charge >= 0.3 is 5.97 Å². The first-order valence-corrected chi connectivity index (χ1v) is 5.41. The molecular formula is C9H14N2O2S. The topological polar surface area (TPSA) is 62.2 Å². The molecule has 0 saturated heterocycles. The van der Waals surface area contributed by atoms with Gasteiger partial charge in [-0.2, -0.15) is 0 Å². The van der Waals surface area contributed by atoms with Crippen LogP contribution in [0.15, 0.2) is 5.38 Å². The molecule has 78 valence electrons. The summed E-state index contributed by atoms with van der Waals surface area (Å²) in [5.74, 6) is -0.868. The molecule has 0 aliphatic rings. The Morgan fingerprint density at radius 3 is 2.93 bits per heavy atom. The summed E-state index contributed by atoms with van der Waals surface area (Å²) in [5.41, 5.74) is 0.870. The molecule has 1 rings (SSSR count). The molecule has 1 unspecified atom stereocenters. The fraction of sp³-hybridized carbons (Fsp3) is 0.556. The van der Waals surface area contributed by atoms with Gasteiger partial charge in [0.05, 0.1) is 0 Å². The van der Waals surface area contributed by atoms with E-state index in [1.165, 1.54) is 11.3 Å². The second kappa shape index (κ2) is 5.07. The molecule has 0 saturated carbocycles. The quantitative estimate of drug-likeness (QED) is 0.781. The van der Waals surface area contributed by atoms with Crippen LogP contribution in [0.25, 0.3) is 0 Å². The number of rotatable bonds is 5. The van der Waals surface area contributed by atoms with Crippen LogP contribution >= 0.6 is 11.3 Å². The second-order valence-electron chi connectivity index (χ2n) is 3.05. The molecule has 0 amide bonds. The third kappa shape index (κ3) is 2.78. The van der Waals surface area contributed by atoms with Gasteiger partial charge in [-0.15, -0.1) is 11.3 Å². The van der Waals surface area contributed by atoms with Crippen LogP contribution in [-0.2, 0) is 4.79 Å². The van der Waals surface area contributed by atoms with Crippen LogP contribution in [0.1, 0.15) is 30.1 Å². The van der Waals surface area contributed by atoms with E-state index in [9.17, 15) is 4.79 Å². The predicted octanol–water partition coefficient (Wildman–Crippen LogP) is 1.58. The maximum absolute atomic E-state index is 10.9. The van der Waals surface area contributed by atoms with Crippen LogP contribution in [0.4, 0.5) is 0 Å². The van der Waals surface area contributed by atoms with Crippen molar-refractivity contribution in [2.75, 3.05) is 6.54 Å². The van der Waals surface area contributed by atoms with Crippen molar-refractivity contribution in [1.29, 1.82) is 0 Å². The monoisotopic (exact) mass is 214 g/mol. The summed E-state index contributed by atoms with van der Waals surface area (Å²) in [6.45, 7) is 4.55. The summed E-state index contributed by atoms with van der Waals surface area (Å²) in [6.07, 6.45) is 0.911. The number of aromatic nitrogens is 1. The highest BCUT2D eigenvalue weighted by Gasteiger charge is 2.21. The molecular weight excluding hydrogens is 200 g/mol. The van der Waals surface area contributed by atoms with Crippen LogP contribution in [0.2, 0.25) is 0 Å². The van der Waals surface area contributed by atoms with E-state index in [4.69, 9.17) is 5.11 Å². The van der Waals surface area contributed by atoms with Crippen molar-refractivity contribution in [3.05, 3.63) is 16.1 Å². The van der Waals surface area contributed by atoms with Crippen molar-refractivity contribution in [1.82, 2.24) is 10.3 Å². The van der Waals surface area contributed by atoms with E-state index in [0.717, 1.165) is 12.1 Å². The molecule has 0 aliphatic heterocycles. The highest BCUT2D eigenvalue weighted by atomic mass is 32.1. The smallest absolute Gasteiger partial charge is 0.327 e. The minimum Gasteiger partial charge on any atom is -0.480 e. The maximum Gasteiger partial charge on any atom is 0.327 e. The van der Waals surface area contributed by atoms with Crippen molar-refractivity contribution in [3.63, 3.8) is 0 Å². The molecule has 1 aromatic heterocycles. The molecule has 1 heterocycles. The Hall–Kier alpha value is -0.940. The largest absolute Gasteiger partial charge is 0.480 e. The number of hydrogen-bond acceptors (Lipinski definition) is 4. The Labute approximate surface area is 87.0 Å². The summed E-state index contributed by atoms with van der Waals surface area (Å²) in [7, 11) is 0. The molecule has 0 spiro atoms. The Morgan fingerprint density at radius 1 is 1.79 bits per heavy atom. The number of aliphatic carboxylic acids is 1. The van der Waals surface area contributed by atoms with Crippen molar-refractivity contribution in [3.8, 4) is 0 Å². The third-order valence-electron chi connectivity index (χ3n) is 1.73. The standard InChI is InChI=1S/C9H14N2O2S/c1-3-4-10-7(9(12)13)8-11-6(2)5-14-8/h5,7,10H,3-4H2,1-2H3,(H,12,13). The zero-order chi connectivity index (χ0) is 10.6. The first kappa shape index (κ1) is 11.1. The molecule has 2 N–H and O–H groups in total. The van der Waals surface area contributed by atoms with Crippen molar-refractivity contribution >= 4 is 17.3 Å². The molecule has 0 radical (unpaired) electrons. The van der Waals surface area contributed by atoms with Crippen LogP contribution in [0, 0.1) is 6.92 Å². The number of carboxylic acids is 1. The zero-order valence-corrected chi connectivity index (χ0v) is 9.10. The van der Waals surface area contributed by atoms with Gasteiger partial charge in [-0.05, 0) is 19.9 Å². The van der Waals surface area contributed by atoms with Gasteiger partial charge in [0, 0.05) is 11.1 Å². The van der Waals surface area contributed by atoms with E-state index >= 15 is 0 Å². The summed E-state index contributed by atoms with van der Waals surface area (Å²) >= 11 is 1.38. The Bertz CT molecular complexity index is 312. The molecule has 0 aliphatic carbocycles. The lowest BCUT2D eigenvalue weighted by Gasteiger charge is -2.10. The zero-order valence-electron chi connectivity index (χ0n) is 8.28. The van der Waals surface area contributed by atoms with E-state index in [2.05, 4.69) is 10.3 Å². The maximum atomic E-state index is 10.9. The number of nitrogens with zero attached hydrogens (tertiary/aromatic N) is 1. The van der Waals surface area contributed by atoms with Gasteiger partial charge in [0.1, 0.15) is 5.01 Å². The van der Waals surface area contributed by atoms with Gasteiger partial charge in [-0.1, -0.05) is 6.92 Å². The molecule has 0 fully saturated rings. The van der Waals surface area contributed by atoms with Crippen molar-refractivity contribution in [2.45, 2.75) is 26.3 Å². The predicted molar refractivity (Wildman–Crippen MR) is 55.5 cm³/mol. The molecule has 4 nitrogen and oxygen atoms in total. The lowest BCUT2D eigenvalue weighted by atomic mass is 10.3. The van der Waals surface area contributed by atoms with Gasteiger partial charge in [0.2, 0.25) is 0 Å². The van der Waals surface area contributed by atoms with Crippen LogP contribution in [0.3, 0.4) is 0 Å². The number of aryl methyl sites for hydroxylation is 1. The minimum absolute atomic E-state index is 0.628. The number of hydrogen-bond donors (Lipinski definition) is 2. The van der Waals surface area contributed by atoms with E-state index in [-0.39, 0.29) is 0 Å². The highest BCUT2D eigenvalue weighted by Crippen LogP contribution is 2.18. The molecule has 0 aromatic carbocycles. The van der Waals surface area contributed by atoms with E-state index < -0.39 is 12.0 Å². The lowest BCUT2D eigenvalue weighted by molar-refractivity contribution is -0.139. The van der Waals surface area contributed by atoms with Crippen molar-refractivity contribution < 1.29 is 9.90 Å². The summed E-state index contributed by atoms with van der Waals surface area (Å²) in [4.78, 5) is 15.1. The average Bonchev–Trinajstić information content (AvgIpc) is 2.52. The average molecular weight is 214 g/mol.